The van der Waals surface area contributed by atoms with Crippen molar-refractivity contribution in [2.45, 2.75) is 13.5 Å². The Morgan fingerprint density at radius 2 is 2.00 bits per heavy atom. The van der Waals surface area contributed by atoms with E-state index in [4.69, 9.17) is 14.2 Å². The Kier molecular flexibility index (Phi) is 4.96. The number of carbonyl (C=O) groups excluding carboxylic acids is 1. The largest absolute Gasteiger partial charge is 0.486 e. The van der Waals surface area contributed by atoms with E-state index in [0.717, 1.165) is 10.2 Å². The predicted octanol–water partition coefficient (Wildman–Crippen LogP) is 3.17. The zero-order valence-corrected chi connectivity index (χ0v) is 16.0. The maximum atomic E-state index is 12.8. The maximum absolute atomic E-state index is 12.8. The molecule has 1 aromatic heterocycles. The first-order valence-electron chi connectivity index (χ1n) is 8.73. The highest BCUT2D eigenvalue weighted by atomic mass is 32.1. The second kappa shape index (κ2) is 7.54. The van der Waals surface area contributed by atoms with E-state index < -0.39 is 0 Å². The van der Waals surface area contributed by atoms with Gasteiger partial charge in [-0.05, 0) is 42.8 Å². The number of thiazole rings is 1. The van der Waals surface area contributed by atoms with Crippen molar-refractivity contribution in [3.05, 3.63) is 52.3 Å². The summed E-state index contributed by atoms with van der Waals surface area (Å²) in [5, 5.41) is 0. The number of ether oxygens (including phenoxy) is 3. The smallest absolute Gasteiger partial charge is 0.279 e. The summed E-state index contributed by atoms with van der Waals surface area (Å²) in [6.07, 6.45) is 0. The van der Waals surface area contributed by atoms with Gasteiger partial charge in [0, 0.05) is 19.2 Å². The van der Waals surface area contributed by atoms with Crippen molar-refractivity contribution in [2.75, 3.05) is 26.9 Å². The Balaban J connectivity index is 1.76. The summed E-state index contributed by atoms with van der Waals surface area (Å²) in [4.78, 5) is 17.8. The normalized spacial score (nSPS) is 13.9. The van der Waals surface area contributed by atoms with Crippen molar-refractivity contribution < 1.29 is 19.0 Å². The van der Waals surface area contributed by atoms with Gasteiger partial charge in [-0.1, -0.05) is 17.4 Å². The van der Waals surface area contributed by atoms with E-state index in [1.165, 1.54) is 16.9 Å². The molecule has 0 unspecified atom stereocenters. The number of aryl methyl sites for hydroxylation is 1. The summed E-state index contributed by atoms with van der Waals surface area (Å²) in [6.45, 7) is 4.23. The topological polar surface area (TPSA) is 62.1 Å². The highest BCUT2D eigenvalue weighted by molar-refractivity contribution is 7.16. The minimum absolute atomic E-state index is 0.304. The third-order valence-electron chi connectivity index (χ3n) is 4.34. The third kappa shape index (κ3) is 3.61. The van der Waals surface area contributed by atoms with Crippen molar-refractivity contribution in [1.29, 1.82) is 0 Å². The molecule has 0 radical (unpaired) electrons. The highest BCUT2D eigenvalue weighted by Crippen LogP contribution is 2.31. The molecule has 2 aromatic carbocycles. The number of hydrogen-bond donors (Lipinski definition) is 0. The fourth-order valence-electron chi connectivity index (χ4n) is 2.99. The van der Waals surface area contributed by atoms with Crippen LogP contribution in [0.1, 0.15) is 15.9 Å². The van der Waals surface area contributed by atoms with Crippen molar-refractivity contribution in [2.24, 2.45) is 4.99 Å². The monoisotopic (exact) mass is 384 g/mol. The number of amides is 1. The Morgan fingerprint density at radius 3 is 2.81 bits per heavy atom. The molecule has 1 aliphatic rings. The van der Waals surface area contributed by atoms with Crippen LogP contribution in [0, 0.1) is 6.92 Å². The van der Waals surface area contributed by atoms with Crippen LogP contribution >= 0.6 is 11.3 Å². The van der Waals surface area contributed by atoms with Gasteiger partial charge in [-0.2, -0.15) is 4.99 Å². The highest BCUT2D eigenvalue weighted by Gasteiger charge is 2.15. The molecule has 2 heterocycles. The zero-order valence-electron chi connectivity index (χ0n) is 15.2. The van der Waals surface area contributed by atoms with Gasteiger partial charge >= 0.3 is 0 Å². The minimum Gasteiger partial charge on any atom is -0.486 e. The Hall–Kier alpha value is -2.64. The third-order valence-corrected chi connectivity index (χ3v) is 5.38. The number of carbonyl (C=O) groups is 1. The van der Waals surface area contributed by atoms with Gasteiger partial charge in [0.25, 0.3) is 5.91 Å². The summed E-state index contributed by atoms with van der Waals surface area (Å²) in [5.41, 5.74) is 2.70. The van der Waals surface area contributed by atoms with Crippen LogP contribution in [-0.2, 0) is 11.3 Å². The molecule has 0 saturated carbocycles. The second-order valence-electron chi connectivity index (χ2n) is 6.28. The summed E-state index contributed by atoms with van der Waals surface area (Å²) < 4.78 is 19.4. The van der Waals surface area contributed by atoms with Crippen LogP contribution < -0.4 is 14.3 Å². The molecule has 6 nitrogen and oxygen atoms in total. The molecule has 0 fully saturated rings. The van der Waals surface area contributed by atoms with E-state index in [1.807, 2.05) is 4.57 Å². The molecule has 3 aromatic rings. The first kappa shape index (κ1) is 17.8. The summed E-state index contributed by atoms with van der Waals surface area (Å²) in [7, 11) is 1.66. The molecule has 7 heteroatoms. The van der Waals surface area contributed by atoms with Crippen LogP contribution in [0.4, 0.5) is 0 Å². The standard InChI is InChI=1S/C20H20N2O4S/c1-13-3-5-15-18(11-13)27-20(22(15)7-8-24-2)21-19(23)14-4-6-16-17(12-14)26-10-9-25-16/h3-6,11-12H,7-10H2,1-2H3. The van der Waals surface area contributed by atoms with Gasteiger partial charge in [0.05, 0.1) is 16.8 Å². The Morgan fingerprint density at radius 1 is 1.19 bits per heavy atom. The van der Waals surface area contributed by atoms with Gasteiger partial charge in [-0.3, -0.25) is 4.79 Å². The second-order valence-corrected chi connectivity index (χ2v) is 7.28. The van der Waals surface area contributed by atoms with E-state index >= 15 is 0 Å². The fourth-order valence-corrected chi connectivity index (χ4v) is 4.14. The summed E-state index contributed by atoms with van der Waals surface area (Å²) in [6, 6.07) is 11.4. The quantitative estimate of drug-likeness (QED) is 0.693. The molecule has 0 N–H and O–H groups in total. The molecule has 0 bridgehead atoms. The zero-order chi connectivity index (χ0) is 18.8. The summed E-state index contributed by atoms with van der Waals surface area (Å²) in [5.74, 6) is 0.938. The van der Waals surface area contributed by atoms with Gasteiger partial charge in [0.2, 0.25) is 0 Å². The maximum Gasteiger partial charge on any atom is 0.279 e. The van der Waals surface area contributed by atoms with Crippen LogP contribution in [0.2, 0.25) is 0 Å². The van der Waals surface area contributed by atoms with E-state index in [9.17, 15) is 4.79 Å². The number of fused-ring (bicyclic) bond motifs is 2. The first-order chi connectivity index (χ1) is 13.2. The van der Waals surface area contributed by atoms with E-state index in [2.05, 4.69) is 30.1 Å². The van der Waals surface area contributed by atoms with Crippen LogP contribution in [0.3, 0.4) is 0 Å². The first-order valence-corrected chi connectivity index (χ1v) is 9.55. The van der Waals surface area contributed by atoms with Crippen molar-refractivity contribution in [3.8, 4) is 11.5 Å². The predicted molar refractivity (Wildman–Crippen MR) is 104 cm³/mol. The molecule has 0 aliphatic carbocycles. The minimum atomic E-state index is -0.304. The van der Waals surface area contributed by atoms with E-state index in [0.29, 0.717) is 48.2 Å². The number of benzene rings is 2. The summed E-state index contributed by atoms with van der Waals surface area (Å²) >= 11 is 1.50. The lowest BCUT2D eigenvalue weighted by atomic mass is 10.2. The van der Waals surface area contributed by atoms with Crippen LogP contribution in [0.5, 0.6) is 11.5 Å². The van der Waals surface area contributed by atoms with Crippen molar-refractivity contribution in [3.63, 3.8) is 0 Å². The number of methoxy groups -OCH3 is 1. The average molecular weight is 384 g/mol. The molecule has 1 aliphatic heterocycles. The lowest BCUT2D eigenvalue weighted by molar-refractivity contribution is 0.0996. The lowest BCUT2D eigenvalue weighted by Gasteiger charge is -2.18. The van der Waals surface area contributed by atoms with Gasteiger partial charge < -0.3 is 18.8 Å². The van der Waals surface area contributed by atoms with E-state index in [1.54, 1.807) is 25.3 Å². The lowest BCUT2D eigenvalue weighted by Crippen LogP contribution is -2.19. The van der Waals surface area contributed by atoms with Gasteiger partial charge in [0.1, 0.15) is 13.2 Å². The van der Waals surface area contributed by atoms with Crippen molar-refractivity contribution in [1.82, 2.24) is 4.57 Å². The Labute approximate surface area is 160 Å². The Bertz CT molecular complexity index is 1070. The van der Waals surface area contributed by atoms with Crippen LogP contribution in [-0.4, -0.2) is 37.4 Å². The van der Waals surface area contributed by atoms with Crippen LogP contribution in [0.25, 0.3) is 10.2 Å². The van der Waals surface area contributed by atoms with Gasteiger partial charge in [0.15, 0.2) is 16.3 Å². The molecule has 27 heavy (non-hydrogen) atoms. The molecular formula is C20H20N2O4S. The molecule has 0 atom stereocenters. The molecular weight excluding hydrogens is 364 g/mol. The number of aromatic nitrogens is 1. The number of hydrogen-bond acceptors (Lipinski definition) is 5. The molecule has 0 spiro atoms. The SMILES string of the molecule is COCCn1c(=NC(=O)c2ccc3c(c2)OCCO3)sc2cc(C)ccc21. The molecule has 140 valence electrons. The molecule has 1 amide bonds. The van der Waals surface area contributed by atoms with Crippen molar-refractivity contribution >= 4 is 27.5 Å². The van der Waals surface area contributed by atoms with Gasteiger partial charge in [-0.25, -0.2) is 0 Å². The number of rotatable bonds is 4. The molecule has 0 saturated heterocycles. The average Bonchev–Trinajstić information content (AvgIpc) is 3.01. The fraction of sp³-hybridized carbons (Fsp3) is 0.300. The van der Waals surface area contributed by atoms with E-state index in [-0.39, 0.29) is 5.91 Å². The van der Waals surface area contributed by atoms with Gasteiger partial charge in [-0.15, -0.1) is 0 Å². The number of nitrogens with zero attached hydrogens (tertiary/aromatic N) is 2. The molecule has 4 rings (SSSR count). The van der Waals surface area contributed by atoms with Crippen LogP contribution in [0.15, 0.2) is 41.4 Å².